The number of H-pyrrole nitrogens is 1. The molecule has 2 aliphatic heterocycles. The molecular formula is C26H36ClN5O3. The first kappa shape index (κ1) is 25.5. The molecule has 0 spiro atoms. The molecule has 2 aliphatic rings. The van der Waals surface area contributed by atoms with E-state index in [2.05, 4.69) is 27.9 Å². The minimum atomic E-state index is 0.00500. The largest absolute Gasteiger partial charge is 0.461 e. The van der Waals surface area contributed by atoms with E-state index in [1.807, 2.05) is 37.8 Å². The summed E-state index contributed by atoms with van der Waals surface area (Å²) in [6.45, 7) is 12.8. The Kier molecular flexibility index (Phi) is 8.34. The van der Waals surface area contributed by atoms with Gasteiger partial charge in [-0.05, 0) is 44.4 Å². The second-order valence-corrected chi connectivity index (χ2v) is 10.0. The van der Waals surface area contributed by atoms with E-state index in [1.54, 1.807) is 0 Å². The number of allylic oxidation sites excluding steroid dienone is 4. The molecule has 1 atom stereocenters. The number of halogens is 1. The smallest absolute Gasteiger partial charge is 0.296 e. The normalized spacial score (nSPS) is 20.5. The van der Waals surface area contributed by atoms with E-state index in [0.29, 0.717) is 28.9 Å². The van der Waals surface area contributed by atoms with E-state index < -0.39 is 0 Å². The molecule has 0 aliphatic carbocycles. The third kappa shape index (κ3) is 6.35. The zero-order valence-corrected chi connectivity index (χ0v) is 21.9. The first-order valence-corrected chi connectivity index (χ1v) is 12.9. The first-order valence-electron chi connectivity index (χ1n) is 12.5. The van der Waals surface area contributed by atoms with Gasteiger partial charge in [-0.25, -0.2) is 4.98 Å². The molecule has 1 N–H and O–H groups in total. The molecule has 2 aromatic heterocycles. The van der Waals surface area contributed by atoms with Crippen LogP contribution in [0.2, 0.25) is 5.02 Å². The number of hydrogen-bond acceptors (Lipinski definition) is 6. The summed E-state index contributed by atoms with van der Waals surface area (Å²) >= 11 is 6.58. The van der Waals surface area contributed by atoms with Crippen molar-refractivity contribution in [2.24, 2.45) is 5.92 Å². The molecule has 0 saturated carbocycles. The van der Waals surface area contributed by atoms with Crippen LogP contribution in [0.5, 0.6) is 6.01 Å². The lowest BCUT2D eigenvalue weighted by Crippen LogP contribution is -2.35. The highest BCUT2D eigenvalue weighted by Crippen LogP contribution is 2.27. The van der Waals surface area contributed by atoms with Crippen LogP contribution in [-0.4, -0.2) is 76.2 Å². The van der Waals surface area contributed by atoms with Gasteiger partial charge in [-0.2, -0.15) is 4.98 Å². The molecule has 35 heavy (non-hydrogen) atoms. The summed E-state index contributed by atoms with van der Waals surface area (Å²) in [5, 5.41) is 0.566. The minimum Gasteiger partial charge on any atom is -0.461 e. The van der Waals surface area contributed by atoms with Crippen molar-refractivity contribution in [3.8, 4) is 6.01 Å². The van der Waals surface area contributed by atoms with Gasteiger partial charge in [-0.3, -0.25) is 4.79 Å². The fraction of sp³-hybridized carbons (Fsp3) is 0.577. The van der Waals surface area contributed by atoms with E-state index in [4.69, 9.17) is 26.1 Å². The molecule has 1 amide bonds. The third-order valence-electron chi connectivity index (χ3n) is 6.62. The fourth-order valence-electron chi connectivity index (χ4n) is 4.50. The fourth-order valence-corrected chi connectivity index (χ4v) is 4.80. The maximum Gasteiger partial charge on any atom is 0.296 e. The Balaban J connectivity index is 1.45. The topological polar surface area (TPSA) is 83.6 Å². The predicted octanol–water partition coefficient (Wildman–Crippen LogP) is 4.67. The number of aromatic amines is 1. The van der Waals surface area contributed by atoms with Gasteiger partial charge in [0, 0.05) is 44.2 Å². The number of likely N-dealkylation sites (tertiary alicyclic amines) is 1. The van der Waals surface area contributed by atoms with Gasteiger partial charge >= 0.3 is 0 Å². The van der Waals surface area contributed by atoms with Crippen molar-refractivity contribution < 1.29 is 14.3 Å². The van der Waals surface area contributed by atoms with E-state index in [0.717, 1.165) is 63.2 Å². The lowest BCUT2D eigenvalue weighted by atomic mass is 10.1. The molecule has 8 nitrogen and oxygen atoms in total. The average Bonchev–Trinajstić information content (AvgIpc) is 3.08. The number of carbonyl (C=O) groups is 1. The number of pyridine rings is 1. The Morgan fingerprint density at radius 2 is 1.91 bits per heavy atom. The van der Waals surface area contributed by atoms with Crippen LogP contribution in [0.3, 0.4) is 0 Å². The van der Waals surface area contributed by atoms with Gasteiger partial charge in [0.25, 0.3) is 6.01 Å². The highest BCUT2D eigenvalue weighted by atomic mass is 35.5. The number of amides is 1. The highest BCUT2D eigenvalue weighted by Gasteiger charge is 2.24. The van der Waals surface area contributed by atoms with Gasteiger partial charge in [0.15, 0.2) is 5.65 Å². The molecule has 9 heteroatoms. The summed E-state index contributed by atoms with van der Waals surface area (Å²) in [6.07, 6.45) is 6.73. The van der Waals surface area contributed by atoms with E-state index in [9.17, 15) is 4.79 Å². The van der Waals surface area contributed by atoms with Crippen LogP contribution in [0.1, 0.15) is 52.7 Å². The number of aromatic nitrogens is 3. The van der Waals surface area contributed by atoms with Crippen molar-refractivity contribution in [1.82, 2.24) is 24.8 Å². The third-order valence-corrected chi connectivity index (χ3v) is 6.91. The number of ether oxygens (including phenoxy) is 2. The summed E-state index contributed by atoms with van der Waals surface area (Å²) < 4.78 is 11.6. The number of imidazole rings is 1. The molecule has 0 bridgehead atoms. The van der Waals surface area contributed by atoms with E-state index in [-0.39, 0.29) is 17.9 Å². The highest BCUT2D eigenvalue weighted by molar-refractivity contribution is 6.32. The number of nitrogens with one attached hydrogen (secondary N) is 1. The van der Waals surface area contributed by atoms with Crippen LogP contribution in [-0.2, 0) is 9.53 Å². The number of rotatable bonds is 6. The molecule has 2 aromatic rings. The van der Waals surface area contributed by atoms with Gasteiger partial charge in [-0.15, -0.1) is 0 Å². The minimum absolute atomic E-state index is 0.00500. The SMILES string of the molecule is C/C(=C\C=C(/C)N1CCOCC1)c1nc2nc(OC3CCCN(C(=O)C(C)C)CC3)[nH]c2cc1Cl. The summed E-state index contributed by atoms with van der Waals surface area (Å²) in [4.78, 5) is 29.1. The molecule has 0 radical (unpaired) electrons. The standard InChI is InChI=1S/C26H36ClN5O3/c1-17(2)25(33)32-10-5-6-20(9-11-32)35-26-28-22-16-21(27)23(29-24(22)30-26)18(3)7-8-19(4)31-12-14-34-15-13-31/h7-8,16-17,20H,5-6,9-15H2,1-4H3,(H,28,29,30)/b18-7+,19-8+. The van der Waals surface area contributed by atoms with Gasteiger partial charge < -0.3 is 24.3 Å². The molecule has 2 saturated heterocycles. The number of carbonyl (C=O) groups excluding carboxylic acids is 1. The average molecular weight is 502 g/mol. The predicted molar refractivity (Wildman–Crippen MR) is 138 cm³/mol. The van der Waals surface area contributed by atoms with Crippen LogP contribution in [0.4, 0.5) is 0 Å². The molecule has 190 valence electrons. The summed E-state index contributed by atoms with van der Waals surface area (Å²) in [5.74, 6) is 0.225. The molecule has 1 unspecified atom stereocenters. The number of morpholine rings is 1. The van der Waals surface area contributed by atoms with Gasteiger partial charge in [0.1, 0.15) is 6.10 Å². The van der Waals surface area contributed by atoms with Crippen LogP contribution < -0.4 is 4.74 Å². The second kappa shape index (κ2) is 11.4. The molecule has 2 fully saturated rings. The number of hydrogen-bond donors (Lipinski definition) is 1. The zero-order chi connectivity index (χ0) is 24.9. The van der Waals surface area contributed by atoms with Crippen LogP contribution in [0.15, 0.2) is 23.9 Å². The van der Waals surface area contributed by atoms with Gasteiger partial charge in [-0.1, -0.05) is 31.5 Å². The van der Waals surface area contributed by atoms with Crippen molar-refractivity contribution in [2.45, 2.75) is 53.1 Å². The summed E-state index contributed by atoms with van der Waals surface area (Å²) in [7, 11) is 0. The quantitative estimate of drug-likeness (QED) is 0.579. The Morgan fingerprint density at radius 1 is 1.14 bits per heavy atom. The summed E-state index contributed by atoms with van der Waals surface area (Å²) in [6, 6.07) is 2.30. The second-order valence-electron chi connectivity index (χ2n) is 9.64. The molecular weight excluding hydrogens is 466 g/mol. The van der Waals surface area contributed by atoms with E-state index in [1.165, 1.54) is 5.70 Å². The summed E-state index contributed by atoms with van der Waals surface area (Å²) in [5.41, 5.74) is 4.18. The lowest BCUT2D eigenvalue weighted by molar-refractivity contribution is -0.134. The molecule has 4 rings (SSSR count). The molecule has 0 aromatic carbocycles. The van der Waals surface area contributed by atoms with Crippen molar-refractivity contribution in [3.63, 3.8) is 0 Å². The van der Waals surface area contributed by atoms with Gasteiger partial charge in [0.2, 0.25) is 5.91 Å². The Hall–Kier alpha value is -2.58. The van der Waals surface area contributed by atoms with Crippen LogP contribution >= 0.6 is 11.6 Å². The zero-order valence-electron chi connectivity index (χ0n) is 21.1. The Bertz CT molecular complexity index is 1100. The maximum absolute atomic E-state index is 12.3. The lowest BCUT2D eigenvalue weighted by Gasteiger charge is -2.29. The monoisotopic (exact) mass is 501 g/mol. The molecule has 4 heterocycles. The van der Waals surface area contributed by atoms with Crippen LogP contribution in [0.25, 0.3) is 16.7 Å². The maximum atomic E-state index is 12.3. The van der Waals surface area contributed by atoms with Crippen molar-refractivity contribution in [3.05, 3.63) is 34.6 Å². The van der Waals surface area contributed by atoms with E-state index >= 15 is 0 Å². The van der Waals surface area contributed by atoms with Crippen molar-refractivity contribution in [1.29, 1.82) is 0 Å². The van der Waals surface area contributed by atoms with Crippen LogP contribution in [0, 0.1) is 5.92 Å². The Morgan fingerprint density at radius 3 is 2.66 bits per heavy atom. The van der Waals surface area contributed by atoms with Crippen molar-refractivity contribution >= 4 is 34.2 Å². The van der Waals surface area contributed by atoms with Crippen molar-refractivity contribution in [2.75, 3.05) is 39.4 Å². The number of nitrogens with zero attached hydrogens (tertiary/aromatic N) is 4. The number of fused-ring (bicyclic) bond motifs is 1. The first-order chi connectivity index (χ1) is 16.8. The van der Waals surface area contributed by atoms with Gasteiger partial charge in [0.05, 0.1) is 29.4 Å². The Labute approximate surface area is 212 Å².